The van der Waals surface area contributed by atoms with Gasteiger partial charge in [-0.15, -0.1) is 0 Å². The van der Waals surface area contributed by atoms with Crippen molar-refractivity contribution in [1.29, 1.82) is 0 Å². The smallest absolute Gasteiger partial charge is 0.123 e. The van der Waals surface area contributed by atoms with Crippen molar-refractivity contribution in [3.8, 4) is 11.1 Å². The van der Waals surface area contributed by atoms with E-state index >= 15 is 0 Å². The maximum absolute atomic E-state index is 13.1. The number of rotatable bonds is 4. The lowest BCUT2D eigenvalue weighted by molar-refractivity contribution is -0.0392. The Kier molecular flexibility index (Phi) is 5.10. The third kappa shape index (κ3) is 3.84. The normalized spacial score (nSPS) is 24.8. The van der Waals surface area contributed by atoms with Gasteiger partial charge in [0.05, 0.1) is 0 Å². The first-order valence-electron chi connectivity index (χ1n) is 9.94. The van der Waals surface area contributed by atoms with Crippen molar-refractivity contribution in [2.75, 3.05) is 19.6 Å². The summed E-state index contributed by atoms with van der Waals surface area (Å²) in [6.45, 7) is 2.97. The molecule has 2 aromatic carbocycles. The molecule has 2 nitrogen and oxygen atoms in total. The van der Waals surface area contributed by atoms with Crippen LogP contribution in [0.15, 0.2) is 48.5 Å². The van der Waals surface area contributed by atoms with Crippen LogP contribution in [0.3, 0.4) is 0 Å². The lowest BCUT2D eigenvalue weighted by atomic mass is 9.84. The summed E-state index contributed by atoms with van der Waals surface area (Å²) in [4.78, 5) is 2.47. The van der Waals surface area contributed by atoms with E-state index in [2.05, 4.69) is 4.90 Å². The molecule has 2 aromatic rings. The first kappa shape index (κ1) is 17.7. The molecule has 1 N–H and O–H groups in total. The van der Waals surface area contributed by atoms with E-state index < -0.39 is 5.60 Å². The summed E-state index contributed by atoms with van der Waals surface area (Å²) in [6, 6.07) is 14.7. The number of benzene rings is 2. The first-order valence-corrected chi connectivity index (χ1v) is 9.94. The average Bonchev–Trinajstić information content (AvgIpc) is 3.16. The van der Waals surface area contributed by atoms with Crippen LogP contribution >= 0.6 is 0 Å². The molecule has 0 unspecified atom stereocenters. The fourth-order valence-electron chi connectivity index (χ4n) is 4.69. The molecule has 3 heteroatoms. The minimum atomic E-state index is -0.752. The molecule has 1 saturated carbocycles. The highest BCUT2D eigenvalue weighted by Gasteiger charge is 2.35. The largest absolute Gasteiger partial charge is 0.384 e. The Morgan fingerprint density at radius 3 is 2.19 bits per heavy atom. The van der Waals surface area contributed by atoms with Gasteiger partial charge in [-0.2, -0.15) is 0 Å². The molecule has 138 valence electrons. The van der Waals surface area contributed by atoms with Crippen LogP contribution in [0.25, 0.3) is 11.1 Å². The molecular weight excluding hydrogens is 325 g/mol. The Morgan fingerprint density at radius 2 is 1.54 bits per heavy atom. The molecule has 0 aromatic heterocycles. The molecule has 2 fully saturated rings. The van der Waals surface area contributed by atoms with Gasteiger partial charge in [-0.25, -0.2) is 4.39 Å². The van der Waals surface area contributed by atoms with Gasteiger partial charge in [0.25, 0.3) is 0 Å². The predicted octanol–water partition coefficient (Wildman–Crippen LogP) is 4.97. The van der Waals surface area contributed by atoms with E-state index in [9.17, 15) is 9.50 Å². The molecule has 0 spiro atoms. The van der Waals surface area contributed by atoms with Crippen molar-refractivity contribution in [3.05, 3.63) is 59.9 Å². The molecule has 0 radical (unpaired) electrons. The zero-order valence-corrected chi connectivity index (χ0v) is 15.3. The van der Waals surface area contributed by atoms with Crippen LogP contribution in [0.4, 0.5) is 4.39 Å². The van der Waals surface area contributed by atoms with E-state index in [-0.39, 0.29) is 5.82 Å². The van der Waals surface area contributed by atoms with E-state index in [1.54, 1.807) is 12.1 Å². The molecule has 1 aliphatic carbocycles. The maximum Gasteiger partial charge on any atom is 0.123 e. The second-order valence-corrected chi connectivity index (χ2v) is 8.10. The lowest BCUT2D eigenvalue weighted by Crippen LogP contribution is -2.47. The summed E-state index contributed by atoms with van der Waals surface area (Å²) in [7, 11) is 0. The van der Waals surface area contributed by atoms with Crippen LogP contribution in [0.5, 0.6) is 0 Å². The molecular formula is C23H28FNO. The van der Waals surface area contributed by atoms with Gasteiger partial charge in [0, 0.05) is 13.1 Å². The number of nitrogens with zero attached hydrogens (tertiary/aromatic N) is 1. The molecule has 1 heterocycles. The van der Waals surface area contributed by atoms with Crippen LogP contribution < -0.4 is 0 Å². The van der Waals surface area contributed by atoms with Crippen molar-refractivity contribution < 1.29 is 9.50 Å². The van der Waals surface area contributed by atoms with Gasteiger partial charge in [-0.3, -0.25) is 4.90 Å². The second-order valence-electron chi connectivity index (χ2n) is 8.10. The number of aliphatic hydroxyl groups is 1. The Balaban J connectivity index is 1.47. The molecule has 1 atom stereocenters. The maximum atomic E-state index is 13.1. The minimum absolute atomic E-state index is 0.218. The molecule has 0 amide bonds. The number of β-amino-alcohol motifs (C(OH)–C–C–N with tert-alkyl or cyclic N) is 1. The second kappa shape index (κ2) is 7.50. The molecule has 0 bridgehead atoms. The molecule has 1 aliphatic heterocycles. The van der Waals surface area contributed by atoms with Crippen LogP contribution in [0.2, 0.25) is 0 Å². The van der Waals surface area contributed by atoms with Crippen LogP contribution in [0, 0.1) is 11.7 Å². The Bertz CT molecular complexity index is 721. The fourth-order valence-corrected chi connectivity index (χ4v) is 4.69. The van der Waals surface area contributed by atoms with E-state index in [4.69, 9.17) is 0 Å². The van der Waals surface area contributed by atoms with E-state index in [1.807, 2.05) is 24.3 Å². The van der Waals surface area contributed by atoms with Gasteiger partial charge in [-0.1, -0.05) is 49.2 Å². The summed E-state index contributed by atoms with van der Waals surface area (Å²) in [5, 5.41) is 11.3. The highest BCUT2D eigenvalue weighted by atomic mass is 19.1. The summed E-state index contributed by atoms with van der Waals surface area (Å²) < 4.78 is 13.1. The zero-order chi connectivity index (χ0) is 18.0. The number of hydrogen-bond acceptors (Lipinski definition) is 2. The standard InChI is InChI=1S/C23H28FNO/c24-22-12-8-20(9-13-22)19-6-10-21(11-7-19)23(26)14-3-15-25(17-23)16-18-4-1-2-5-18/h6-13,18,26H,1-5,14-17H2/t23-/m1/s1. The Labute approximate surface area is 155 Å². The summed E-state index contributed by atoms with van der Waals surface area (Å²) in [5.41, 5.74) is 2.30. The topological polar surface area (TPSA) is 23.5 Å². The van der Waals surface area contributed by atoms with E-state index in [0.29, 0.717) is 0 Å². The zero-order valence-electron chi connectivity index (χ0n) is 15.3. The number of likely N-dealkylation sites (tertiary alicyclic amines) is 1. The van der Waals surface area contributed by atoms with Crippen LogP contribution in [0.1, 0.15) is 44.1 Å². The Morgan fingerprint density at radius 1 is 0.923 bits per heavy atom. The average molecular weight is 353 g/mol. The third-order valence-electron chi connectivity index (χ3n) is 6.14. The van der Waals surface area contributed by atoms with Gasteiger partial charge in [0.15, 0.2) is 0 Å². The summed E-state index contributed by atoms with van der Waals surface area (Å²) in [6.07, 6.45) is 7.30. The van der Waals surface area contributed by atoms with Crippen molar-refractivity contribution in [1.82, 2.24) is 4.90 Å². The van der Waals surface area contributed by atoms with Crippen molar-refractivity contribution in [2.24, 2.45) is 5.92 Å². The lowest BCUT2D eigenvalue weighted by Gasteiger charge is -2.40. The van der Waals surface area contributed by atoms with E-state index in [0.717, 1.165) is 55.1 Å². The monoisotopic (exact) mass is 353 g/mol. The summed E-state index contributed by atoms with van der Waals surface area (Å²) in [5.74, 6) is 0.599. The summed E-state index contributed by atoms with van der Waals surface area (Å²) >= 11 is 0. The highest BCUT2D eigenvalue weighted by Crippen LogP contribution is 2.34. The number of halogens is 1. The van der Waals surface area contributed by atoms with E-state index in [1.165, 1.54) is 37.8 Å². The van der Waals surface area contributed by atoms with Gasteiger partial charge in [-0.05, 0) is 67.0 Å². The Hall–Kier alpha value is -1.71. The number of piperidine rings is 1. The number of hydrogen-bond donors (Lipinski definition) is 1. The third-order valence-corrected chi connectivity index (χ3v) is 6.14. The van der Waals surface area contributed by atoms with Crippen molar-refractivity contribution in [2.45, 2.75) is 44.1 Å². The molecule has 2 aliphatic rings. The minimum Gasteiger partial charge on any atom is -0.384 e. The quantitative estimate of drug-likeness (QED) is 0.839. The van der Waals surface area contributed by atoms with Gasteiger partial charge in [0.1, 0.15) is 11.4 Å². The van der Waals surface area contributed by atoms with Crippen molar-refractivity contribution >= 4 is 0 Å². The van der Waals surface area contributed by atoms with Gasteiger partial charge < -0.3 is 5.11 Å². The van der Waals surface area contributed by atoms with Crippen LogP contribution in [-0.4, -0.2) is 29.6 Å². The van der Waals surface area contributed by atoms with Gasteiger partial charge in [0.2, 0.25) is 0 Å². The SMILES string of the molecule is O[C@]1(c2ccc(-c3ccc(F)cc3)cc2)CCCN(CC2CCCC2)C1. The highest BCUT2D eigenvalue weighted by molar-refractivity contribution is 5.63. The van der Waals surface area contributed by atoms with Gasteiger partial charge >= 0.3 is 0 Å². The predicted molar refractivity (Wildman–Crippen MR) is 103 cm³/mol. The first-order chi connectivity index (χ1) is 12.6. The molecule has 1 saturated heterocycles. The van der Waals surface area contributed by atoms with Crippen LogP contribution in [-0.2, 0) is 5.60 Å². The fraction of sp³-hybridized carbons (Fsp3) is 0.478. The molecule has 4 rings (SSSR count). The van der Waals surface area contributed by atoms with Crippen molar-refractivity contribution in [3.63, 3.8) is 0 Å². The molecule has 26 heavy (non-hydrogen) atoms.